The first-order valence-electron chi connectivity index (χ1n) is 8.76. The van der Waals surface area contributed by atoms with E-state index in [1.807, 2.05) is 54.6 Å². The molecule has 0 aliphatic heterocycles. The Kier molecular flexibility index (Phi) is 3.80. The SMILES string of the molecule is Clc1cccc(-n2cc3ccccc3c2)c1/C=C/c1n[nH]c2ccccc12. The van der Waals surface area contributed by atoms with E-state index in [4.69, 9.17) is 11.6 Å². The van der Waals surface area contributed by atoms with Crippen molar-refractivity contribution >= 4 is 45.4 Å². The number of nitrogens with zero attached hydrogens (tertiary/aromatic N) is 2. The Balaban J connectivity index is 1.62. The first-order chi connectivity index (χ1) is 13.3. The van der Waals surface area contributed by atoms with Crippen LogP contribution in [0.25, 0.3) is 39.5 Å². The van der Waals surface area contributed by atoms with Crippen LogP contribution in [0.5, 0.6) is 0 Å². The number of fused-ring (bicyclic) bond motifs is 2. The van der Waals surface area contributed by atoms with E-state index in [1.54, 1.807) is 0 Å². The lowest BCUT2D eigenvalue weighted by atomic mass is 10.1. The molecule has 2 heterocycles. The van der Waals surface area contributed by atoms with E-state index >= 15 is 0 Å². The molecule has 0 saturated carbocycles. The number of hydrogen-bond acceptors (Lipinski definition) is 1. The van der Waals surface area contributed by atoms with Crippen LogP contribution < -0.4 is 0 Å². The van der Waals surface area contributed by atoms with Crippen molar-refractivity contribution < 1.29 is 0 Å². The van der Waals surface area contributed by atoms with Crippen LogP contribution in [0.2, 0.25) is 5.02 Å². The third-order valence-corrected chi connectivity index (χ3v) is 5.10. The molecule has 130 valence electrons. The van der Waals surface area contributed by atoms with Crippen LogP contribution in [-0.4, -0.2) is 14.8 Å². The van der Waals surface area contributed by atoms with Crippen LogP contribution in [0.15, 0.2) is 79.1 Å². The fraction of sp³-hybridized carbons (Fsp3) is 0. The van der Waals surface area contributed by atoms with Gasteiger partial charge in [0, 0.05) is 28.4 Å². The molecule has 0 aliphatic carbocycles. The van der Waals surface area contributed by atoms with Gasteiger partial charge in [-0.05, 0) is 41.1 Å². The first-order valence-corrected chi connectivity index (χ1v) is 9.14. The molecular weight excluding hydrogens is 354 g/mol. The maximum absolute atomic E-state index is 6.54. The van der Waals surface area contributed by atoms with E-state index in [-0.39, 0.29) is 0 Å². The molecule has 2 aromatic heterocycles. The summed E-state index contributed by atoms with van der Waals surface area (Å²) in [6.07, 6.45) is 8.29. The van der Waals surface area contributed by atoms with Crippen molar-refractivity contribution in [3.63, 3.8) is 0 Å². The summed E-state index contributed by atoms with van der Waals surface area (Å²) in [7, 11) is 0. The van der Waals surface area contributed by atoms with Crippen molar-refractivity contribution in [1.29, 1.82) is 0 Å². The molecule has 27 heavy (non-hydrogen) atoms. The first kappa shape index (κ1) is 15.9. The average Bonchev–Trinajstić information content (AvgIpc) is 3.31. The number of hydrogen-bond donors (Lipinski definition) is 1. The van der Waals surface area contributed by atoms with Crippen molar-refractivity contribution in [3.8, 4) is 5.69 Å². The minimum atomic E-state index is 0.710. The fourth-order valence-electron chi connectivity index (χ4n) is 3.41. The average molecular weight is 370 g/mol. The third-order valence-electron chi connectivity index (χ3n) is 4.77. The number of H-pyrrole nitrogens is 1. The number of aromatic nitrogens is 3. The molecule has 3 aromatic carbocycles. The van der Waals surface area contributed by atoms with Crippen molar-refractivity contribution in [2.75, 3.05) is 0 Å². The van der Waals surface area contributed by atoms with Gasteiger partial charge < -0.3 is 4.57 Å². The lowest BCUT2D eigenvalue weighted by Gasteiger charge is -2.09. The van der Waals surface area contributed by atoms with E-state index in [9.17, 15) is 0 Å². The van der Waals surface area contributed by atoms with Gasteiger partial charge >= 0.3 is 0 Å². The van der Waals surface area contributed by atoms with Gasteiger partial charge in [0.2, 0.25) is 0 Å². The largest absolute Gasteiger partial charge is 0.322 e. The van der Waals surface area contributed by atoms with Crippen molar-refractivity contribution in [3.05, 3.63) is 95.4 Å². The second-order valence-electron chi connectivity index (χ2n) is 6.45. The zero-order valence-electron chi connectivity index (χ0n) is 14.4. The lowest BCUT2D eigenvalue weighted by molar-refractivity contribution is 1.08. The number of aromatic amines is 1. The Bertz CT molecular complexity index is 1260. The normalized spacial score (nSPS) is 11.7. The number of rotatable bonds is 3. The van der Waals surface area contributed by atoms with Gasteiger partial charge in [-0.2, -0.15) is 5.10 Å². The Labute approximate surface area is 161 Å². The second kappa shape index (κ2) is 6.45. The molecule has 5 rings (SSSR count). The van der Waals surface area contributed by atoms with Gasteiger partial charge in [-0.1, -0.05) is 60.1 Å². The van der Waals surface area contributed by atoms with Gasteiger partial charge in [0.1, 0.15) is 0 Å². The Morgan fingerprint density at radius 2 is 1.56 bits per heavy atom. The topological polar surface area (TPSA) is 33.6 Å². The summed E-state index contributed by atoms with van der Waals surface area (Å²) >= 11 is 6.54. The van der Waals surface area contributed by atoms with Crippen LogP contribution in [0.4, 0.5) is 0 Å². The predicted octanol–water partition coefficient (Wildman–Crippen LogP) is 6.33. The molecule has 0 spiro atoms. The molecule has 5 aromatic rings. The molecule has 0 atom stereocenters. The van der Waals surface area contributed by atoms with Crippen LogP contribution in [-0.2, 0) is 0 Å². The van der Waals surface area contributed by atoms with Gasteiger partial charge in [-0.3, -0.25) is 5.10 Å². The number of halogens is 1. The summed E-state index contributed by atoms with van der Waals surface area (Å²) in [5, 5.41) is 11.7. The van der Waals surface area contributed by atoms with E-state index < -0.39 is 0 Å². The molecular formula is C23H16ClN3. The highest BCUT2D eigenvalue weighted by molar-refractivity contribution is 6.32. The van der Waals surface area contributed by atoms with Crippen LogP contribution >= 0.6 is 11.6 Å². The molecule has 4 heteroatoms. The second-order valence-corrected chi connectivity index (χ2v) is 6.86. The quantitative estimate of drug-likeness (QED) is 0.396. The highest BCUT2D eigenvalue weighted by atomic mass is 35.5. The van der Waals surface area contributed by atoms with Crippen LogP contribution in [0.3, 0.4) is 0 Å². The summed E-state index contributed by atoms with van der Waals surface area (Å²) < 4.78 is 2.12. The molecule has 0 unspecified atom stereocenters. The molecule has 0 radical (unpaired) electrons. The van der Waals surface area contributed by atoms with Gasteiger partial charge in [0.15, 0.2) is 0 Å². The van der Waals surface area contributed by atoms with Crippen LogP contribution in [0.1, 0.15) is 11.3 Å². The molecule has 0 fully saturated rings. The third kappa shape index (κ3) is 2.82. The van der Waals surface area contributed by atoms with Gasteiger partial charge in [0.05, 0.1) is 16.9 Å². The maximum Gasteiger partial charge on any atom is 0.0927 e. The van der Waals surface area contributed by atoms with E-state index in [2.05, 4.69) is 51.4 Å². The van der Waals surface area contributed by atoms with Crippen molar-refractivity contribution in [2.45, 2.75) is 0 Å². The van der Waals surface area contributed by atoms with Crippen molar-refractivity contribution in [2.24, 2.45) is 0 Å². The van der Waals surface area contributed by atoms with Gasteiger partial charge in [0.25, 0.3) is 0 Å². The number of para-hydroxylation sites is 1. The lowest BCUT2D eigenvalue weighted by Crippen LogP contribution is -1.94. The van der Waals surface area contributed by atoms with Crippen LogP contribution in [0, 0.1) is 0 Å². The summed E-state index contributed by atoms with van der Waals surface area (Å²) in [5.41, 5.74) is 3.92. The summed E-state index contributed by atoms with van der Waals surface area (Å²) in [6.45, 7) is 0. The van der Waals surface area contributed by atoms with Gasteiger partial charge in [-0.25, -0.2) is 0 Å². The fourth-order valence-corrected chi connectivity index (χ4v) is 3.64. The summed E-state index contributed by atoms with van der Waals surface area (Å²) in [5.74, 6) is 0. The van der Waals surface area contributed by atoms with Gasteiger partial charge in [-0.15, -0.1) is 0 Å². The maximum atomic E-state index is 6.54. The molecule has 0 aliphatic rings. The molecule has 1 N–H and O–H groups in total. The monoisotopic (exact) mass is 369 g/mol. The number of benzene rings is 3. The summed E-state index contributed by atoms with van der Waals surface area (Å²) in [6, 6.07) is 22.4. The predicted molar refractivity (Wildman–Crippen MR) is 113 cm³/mol. The molecule has 0 saturated heterocycles. The molecule has 0 bridgehead atoms. The standard InChI is InChI=1S/C23H16ClN3/c24-20-9-5-11-23(27-14-16-6-1-2-7-17(16)15-27)18(20)12-13-22-19-8-3-4-10-21(19)25-26-22/h1-15H,(H,25,26)/b13-12+. The zero-order chi connectivity index (χ0) is 18.2. The highest BCUT2D eigenvalue weighted by Gasteiger charge is 2.08. The highest BCUT2D eigenvalue weighted by Crippen LogP contribution is 2.28. The van der Waals surface area contributed by atoms with E-state index in [0.29, 0.717) is 5.02 Å². The van der Waals surface area contributed by atoms with E-state index in [1.165, 1.54) is 10.8 Å². The Morgan fingerprint density at radius 3 is 2.37 bits per heavy atom. The Hall–Kier alpha value is -3.30. The number of nitrogens with one attached hydrogen (secondary N) is 1. The smallest absolute Gasteiger partial charge is 0.0927 e. The van der Waals surface area contributed by atoms with E-state index in [0.717, 1.165) is 27.8 Å². The summed E-state index contributed by atoms with van der Waals surface area (Å²) in [4.78, 5) is 0. The molecule has 3 nitrogen and oxygen atoms in total. The van der Waals surface area contributed by atoms with Crippen molar-refractivity contribution in [1.82, 2.24) is 14.8 Å². The Morgan fingerprint density at radius 1 is 0.815 bits per heavy atom. The molecule has 0 amide bonds. The zero-order valence-corrected chi connectivity index (χ0v) is 15.2. The minimum absolute atomic E-state index is 0.710. The minimum Gasteiger partial charge on any atom is -0.322 e.